The summed E-state index contributed by atoms with van der Waals surface area (Å²) in [5, 5.41) is 9.32. The number of aliphatic carboxylic acids is 1. The van der Waals surface area contributed by atoms with Gasteiger partial charge in [-0.05, 0) is 31.9 Å². The summed E-state index contributed by atoms with van der Waals surface area (Å²) < 4.78 is 5.48. The standard InChI is InChI=1S/C15H21NO3/c1-16(12-13-6-3-2-4-7-13)10-9-15(14(17)18)8-5-11-19-15/h2-4,6-7H,5,8-12H2,1H3,(H,17,18). The number of carbonyl (C=O) groups is 1. The number of ether oxygens (including phenoxy) is 1. The van der Waals surface area contributed by atoms with Gasteiger partial charge in [-0.1, -0.05) is 30.3 Å². The lowest BCUT2D eigenvalue weighted by Crippen LogP contribution is -2.40. The summed E-state index contributed by atoms with van der Waals surface area (Å²) in [7, 11) is 2.01. The van der Waals surface area contributed by atoms with Crippen LogP contribution in [0.15, 0.2) is 30.3 Å². The van der Waals surface area contributed by atoms with E-state index in [0.29, 0.717) is 19.4 Å². The number of carboxylic acid groups (broad SMARTS) is 1. The Hall–Kier alpha value is -1.39. The van der Waals surface area contributed by atoms with Gasteiger partial charge in [-0.2, -0.15) is 0 Å². The first-order chi connectivity index (χ1) is 9.12. The summed E-state index contributed by atoms with van der Waals surface area (Å²) in [4.78, 5) is 13.5. The van der Waals surface area contributed by atoms with Crippen LogP contribution >= 0.6 is 0 Å². The zero-order valence-electron chi connectivity index (χ0n) is 11.3. The predicted octanol–water partition coefficient (Wildman–Crippen LogP) is 2.14. The third-order valence-electron chi connectivity index (χ3n) is 3.69. The van der Waals surface area contributed by atoms with Crippen molar-refractivity contribution >= 4 is 5.97 Å². The molecule has 1 atom stereocenters. The Morgan fingerprint density at radius 2 is 2.16 bits per heavy atom. The second-order valence-corrected chi connectivity index (χ2v) is 5.22. The van der Waals surface area contributed by atoms with Gasteiger partial charge in [-0.25, -0.2) is 4.79 Å². The summed E-state index contributed by atoms with van der Waals surface area (Å²) >= 11 is 0. The number of hydrogen-bond acceptors (Lipinski definition) is 3. The zero-order chi connectivity index (χ0) is 13.7. The Kier molecular flexibility index (Phi) is 4.56. The Balaban J connectivity index is 1.86. The average Bonchev–Trinajstić information content (AvgIpc) is 2.88. The van der Waals surface area contributed by atoms with E-state index in [9.17, 15) is 9.90 Å². The van der Waals surface area contributed by atoms with Crippen LogP contribution in [0.3, 0.4) is 0 Å². The number of nitrogens with zero attached hydrogens (tertiary/aromatic N) is 1. The lowest BCUT2D eigenvalue weighted by molar-refractivity contribution is -0.161. The molecule has 104 valence electrons. The lowest BCUT2D eigenvalue weighted by Gasteiger charge is -2.26. The van der Waals surface area contributed by atoms with E-state index in [1.807, 2.05) is 25.2 Å². The monoisotopic (exact) mass is 263 g/mol. The van der Waals surface area contributed by atoms with Crippen molar-refractivity contribution in [2.75, 3.05) is 20.2 Å². The molecule has 19 heavy (non-hydrogen) atoms. The summed E-state index contributed by atoms with van der Waals surface area (Å²) in [6.45, 7) is 2.12. The maximum Gasteiger partial charge on any atom is 0.336 e. The molecule has 0 radical (unpaired) electrons. The topological polar surface area (TPSA) is 49.8 Å². The number of hydrogen-bond donors (Lipinski definition) is 1. The third-order valence-corrected chi connectivity index (χ3v) is 3.69. The largest absolute Gasteiger partial charge is 0.479 e. The second kappa shape index (κ2) is 6.17. The summed E-state index contributed by atoms with van der Waals surface area (Å²) in [5.74, 6) is -0.821. The van der Waals surface area contributed by atoms with Crippen LogP contribution in [0.2, 0.25) is 0 Å². The van der Waals surface area contributed by atoms with Gasteiger partial charge in [0.05, 0.1) is 0 Å². The van der Waals surface area contributed by atoms with E-state index >= 15 is 0 Å². The summed E-state index contributed by atoms with van der Waals surface area (Å²) in [6.07, 6.45) is 2.02. The van der Waals surface area contributed by atoms with Crippen LogP contribution in [0.1, 0.15) is 24.8 Å². The van der Waals surface area contributed by atoms with Gasteiger partial charge in [0.25, 0.3) is 0 Å². The van der Waals surface area contributed by atoms with Gasteiger partial charge >= 0.3 is 5.97 Å². The van der Waals surface area contributed by atoms with Crippen molar-refractivity contribution in [3.8, 4) is 0 Å². The minimum Gasteiger partial charge on any atom is -0.479 e. The quantitative estimate of drug-likeness (QED) is 0.854. The molecular formula is C15H21NO3. The van der Waals surface area contributed by atoms with Gasteiger partial charge < -0.3 is 14.7 Å². The highest BCUT2D eigenvalue weighted by Crippen LogP contribution is 2.29. The maximum atomic E-state index is 11.4. The van der Waals surface area contributed by atoms with E-state index in [4.69, 9.17) is 4.74 Å². The minimum atomic E-state index is -0.953. The minimum absolute atomic E-state index is 0.547. The number of rotatable bonds is 6. The van der Waals surface area contributed by atoms with Gasteiger partial charge in [0.15, 0.2) is 5.60 Å². The Labute approximate surface area is 114 Å². The normalized spacial score (nSPS) is 22.8. The zero-order valence-corrected chi connectivity index (χ0v) is 11.3. The highest BCUT2D eigenvalue weighted by molar-refractivity contribution is 5.77. The van der Waals surface area contributed by atoms with Crippen LogP contribution in [0.4, 0.5) is 0 Å². The summed E-state index contributed by atoms with van der Waals surface area (Å²) in [5.41, 5.74) is 0.284. The Bertz CT molecular complexity index is 413. The first-order valence-electron chi connectivity index (χ1n) is 6.72. The van der Waals surface area contributed by atoms with Crippen LogP contribution in [-0.2, 0) is 16.1 Å². The molecule has 1 aliphatic heterocycles. The van der Waals surface area contributed by atoms with Crippen LogP contribution < -0.4 is 0 Å². The van der Waals surface area contributed by atoms with Gasteiger partial charge in [0, 0.05) is 19.7 Å². The molecule has 0 aliphatic carbocycles. The molecule has 0 aromatic heterocycles. The van der Waals surface area contributed by atoms with Gasteiger partial charge in [-0.3, -0.25) is 0 Å². The molecule has 1 saturated heterocycles. The third kappa shape index (κ3) is 3.55. The van der Waals surface area contributed by atoms with Crippen LogP contribution in [-0.4, -0.2) is 41.8 Å². The lowest BCUT2D eigenvalue weighted by atomic mass is 9.96. The number of carboxylic acids is 1. The van der Waals surface area contributed by atoms with Crippen LogP contribution in [0.5, 0.6) is 0 Å². The van der Waals surface area contributed by atoms with E-state index in [-0.39, 0.29) is 0 Å². The van der Waals surface area contributed by atoms with Crippen molar-refractivity contribution in [3.05, 3.63) is 35.9 Å². The molecule has 1 aliphatic rings. The summed E-state index contributed by atoms with van der Waals surface area (Å²) in [6, 6.07) is 10.2. The van der Waals surface area contributed by atoms with Crippen LogP contribution in [0.25, 0.3) is 0 Å². The molecule has 1 aromatic rings. The van der Waals surface area contributed by atoms with Gasteiger partial charge in [0.2, 0.25) is 0 Å². The first kappa shape index (κ1) is 14.0. The molecule has 0 bridgehead atoms. The van der Waals surface area contributed by atoms with Crippen molar-refractivity contribution in [1.82, 2.24) is 4.90 Å². The molecule has 1 fully saturated rings. The van der Waals surface area contributed by atoms with E-state index in [1.54, 1.807) is 0 Å². The molecule has 4 heteroatoms. The highest BCUT2D eigenvalue weighted by Gasteiger charge is 2.42. The first-order valence-corrected chi connectivity index (χ1v) is 6.72. The van der Waals surface area contributed by atoms with E-state index < -0.39 is 11.6 Å². The molecule has 1 aromatic carbocycles. The van der Waals surface area contributed by atoms with Gasteiger partial charge in [-0.15, -0.1) is 0 Å². The van der Waals surface area contributed by atoms with Crippen molar-refractivity contribution in [2.45, 2.75) is 31.4 Å². The molecule has 1 heterocycles. The fourth-order valence-electron chi connectivity index (χ4n) is 2.52. The Morgan fingerprint density at radius 3 is 2.74 bits per heavy atom. The predicted molar refractivity (Wildman–Crippen MR) is 72.9 cm³/mol. The fraction of sp³-hybridized carbons (Fsp3) is 0.533. The molecule has 0 amide bonds. The molecule has 4 nitrogen and oxygen atoms in total. The van der Waals surface area contributed by atoms with Crippen LogP contribution in [0, 0.1) is 0 Å². The smallest absolute Gasteiger partial charge is 0.336 e. The van der Waals surface area contributed by atoms with Crippen molar-refractivity contribution in [3.63, 3.8) is 0 Å². The average molecular weight is 263 g/mol. The van der Waals surface area contributed by atoms with E-state index in [0.717, 1.165) is 19.5 Å². The van der Waals surface area contributed by atoms with Gasteiger partial charge in [0.1, 0.15) is 0 Å². The van der Waals surface area contributed by atoms with Crippen molar-refractivity contribution < 1.29 is 14.6 Å². The fourth-order valence-corrected chi connectivity index (χ4v) is 2.52. The SMILES string of the molecule is CN(CCC1(C(=O)O)CCCO1)Cc1ccccc1. The molecule has 1 N–H and O–H groups in total. The molecule has 0 saturated carbocycles. The molecule has 1 unspecified atom stereocenters. The van der Waals surface area contributed by atoms with E-state index in [1.165, 1.54) is 5.56 Å². The van der Waals surface area contributed by atoms with E-state index in [2.05, 4.69) is 17.0 Å². The Morgan fingerprint density at radius 1 is 1.42 bits per heavy atom. The highest BCUT2D eigenvalue weighted by atomic mass is 16.5. The van der Waals surface area contributed by atoms with Crippen molar-refractivity contribution in [2.24, 2.45) is 0 Å². The maximum absolute atomic E-state index is 11.4. The number of benzene rings is 1. The molecular weight excluding hydrogens is 242 g/mol. The second-order valence-electron chi connectivity index (χ2n) is 5.22. The molecule has 2 rings (SSSR count). The molecule has 0 spiro atoms. The van der Waals surface area contributed by atoms with Crippen molar-refractivity contribution in [1.29, 1.82) is 0 Å².